The van der Waals surface area contributed by atoms with Crippen LogP contribution in [0.3, 0.4) is 0 Å². The second-order valence-electron chi connectivity index (χ2n) is 11.0. The van der Waals surface area contributed by atoms with Crippen LogP contribution in [0.2, 0.25) is 0 Å². The van der Waals surface area contributed by atoms with E-state index >= 15 is 0 Å². The number of rotatable bonds is 6. The van der Waals surface area contributed by atoms with Gasteiger partial charge in [0.25, 0.3) is 0 Å². The van der Waals surface area contributed by atoms with Crippen LogP contribution in [0.15, 0.2) is 52.3 Å². The number of carbonyl (C=O) groups is 1. The maximum atomic E-state index is 13.2. The lowest BCUT2D eigenvalue weighted by Gasteiger charge is -2.34. The molecule has 196 valence electrons. The smallest absolute Gasteiger partial charge is 0.325 e. The summed E-state index contributed by atoms with van der Waals surface area (Å²) in [6.07, 6.45) is 13.0. The number of pyridine rings is 1. The average Bonchev–Trinajstić information content (AvgIpc) is 3.48. The number of fused-ring (bicyclic) bond motifs is 1. The Bertz CT molecular complexity index is 1530. The van der Waals surface area contributed by atoms with Gasteiger partial charge in [0.05, 0.1) is 28.3 Å². The molecule has 0 spiro atoms. The maximum Gasteiger partial charge on any atom is 0.325 e. The van der Waals surface area contributed by atoms with Crippen molar-refractivity contribution in [3.63, 3.8) is 0 Å². The van der Waals surface area contributed by atoms with Crippen LogP contribution in [0, 0.1) is 11.8 Å². The highest BCUT2D eigenvalue weighted by Crippen LogP contribution is 2.47. The summed E-state index contributed by atoms with van der Waals surface area (Å²) in [6.45, 7) is 3.90. The van der Waals surface area contributed by atoms with Crippen molar-refractivity contribution in [3.8, 4) is 11.5 Å². The number of hydrogen-bond donors (Lipinski definition) is 3. The molecule has 0 radical (unpaired) electrons. The lowest BCUT2D eigenvalue weighted by atomic mass is 9.76. The molecule has 2 aliphatic carbocycles. The minimum atomic E-state index is -0.474. The van der Waals surface area contributed by atoms with E-state index in [0.29, 0.717) is 34.7 Å². The first-order valence-electron chi connectivity index (χ1n) is 13.4. The number of amides is 1. The molecule has 0 unspecified atom stereocenters. The van der Waals surface area contributed by atoms with Crippen molar-refractivity contribution in [1.29, 1.82) is 0 Å². The van der Waals surface area contributed by atoms with E-state index in [1.807, 2.05) is 36.9 Å². The highest BCUT2D eigenvalue weighted by Gasteiger charge is 2.45. The molecule has 0 bridgehead atoms. The number of nitrogens with one attached hydrogen (secondary N) is 1. The molecule has 6 rings (SSSR count). The van der Waals surface area contributed by atoms with E-state index in [0.717, 1.165) is 53.8 Å². The summed E-state index contributed by atoms with van der Waals surface area (Å²) in [5, 5.41) is 30.8. The van der Waals surface area contributed by atoms with Gasteiger partial charge < -0.3 is 14.8 Å². The van der Waals surface area contributed by atoms with Crippen LogP contribution in [0.1, 0.15) is 74.5 Å². The predicted octanol–water partition coefficient (Wildman–Crippen LogP) is 2.94. The molecule has 2 fully saturated rings. The first-order valence-corrected chi connectivity index (χ1v) is 13.4. The van der Waals surface area contributed by atoms with Crippen LogP contribution in [0.5, 0.6) is 0 Å². The van der Waals surface area contributed by atoms with Gasteiger partial charge in [0.15, 0.2) is 6.21 Å². The second kappa shape index (κ2) is 9.47. The normalized spacial score (nSPS) is 23.7. The number of nitrogens with zero attached hydrogens (tertiary/aromatic N) is 4. The van der Waals surface area contributed by atoms with Crippen LogP contribution < -0.4 is 20.6 Å². The van der Waals surface area contributed by atoms with Gasteiger partial charge in [-0.2, -0.15) is 0 Å². The third-order valence-electron chi connectivity index (χ3n) is 7.99. The molecule has 3 aromatic rings. The van der Waals surface area contributed by atoms with E-state index in [4.69, 9.17) is 9.52 Å². The summed E-state index contributed by atoms with van der Waals surface area (Å²) in [6, 6.07) is 8.82. The number of aromatic nitrogens is 2. The Labute approximate surface area is 220 Å². The summed E-state index contributed by atoms with van der Waals surface area (Å²) in [7, 11) is 0. The molecular weight excluding hydrogens is 482 g/mol. The maximum absolute atomic E-state index is 13.2. The van der Waals surface area contributed by atoms with E-state index in [1.165, 1.54) is 6.26 Å². The van der Waals surface area contributed by atoms with E-state index in [9.17, 15) is 15.1 Å². The van der Waals surface area contributed by atoms with Gasteiger partial charge in [-0.1, -0.05) is 18.5 Å². The van der Waals surface area contributed by atoms with Crippen molar-refractivity contribution in [2.24, 2.45) is 16.9 Å². The average molecular weight is 516 g/mol. The molecule has 2 aromatic heterocycles. The fourth-order valence-corrected chi connectivity index (χ4v) is 5.65. The van der Waals surface area contributed by atoms with Gasteiger partial charge in [-0.25, -0.2) is 4.98 Å². The van der Waals surface area contributed by atoms with Crippen molar-refractivity contribution < 1.29 is 28.9 Å². The van der Waals surface area contributed by atoms with Crippen LogP contribution >= 0.6 is 0 Å². The van der Waals surface area contributed by atoms with Crippen LogP contribution in [-0.4, -0.2) is 37.7 Å². The summed E-state index contributed by atoms with van der Waals surface area (Å²) in [5.74, 6) is 0.792. The van der Waals surface area contributed by atoms with E-state index in [1.54, 1.807) is 24.4 Å². The molecule has 38 heavy (non-hydrogen) atoms. The standard InChI is InChI=1S/C29H32N5O4/c1-18(2)25-4-3-5-26(34(25)37)27(35)31-24-14-20-17-33(32-23(20)15-22(24)28-30-12-13-38-28)16-19-8-10-29(36,11-9-19)21-6-7-21/h3-5,12-19,21,36H,6-11H2,1-2H3,(H-,31,35,37)/q+1/p+1/b33-16+. The lowest BCUT2D eigenvalue weighted by molar-refractivity contribution is -0.911. The molecule has 3 N–H and O–H groups in total. The number of hydrogen-bond acceptors (Lipinski definition) is 6. The number of carbonyl (C=O) groups excluding carboxylic acids is 1. The van der Waals surface area contributed by atoms with Gasteiger partial charge in [-0.3, -0.25) is 10.0 Å². The van der Waals surface area contributed by atoms with E-state index < -0.39 is 11.5 Å². The van der Waals surface area contributed by atoms with Crippen LogP contribution in [0.4, 0.5) is 5.69 Å². The molecule has 3 aliphatic rings. The summed E-state index contributed by atoms with van der Waals surface area (Å²) >= 11 is 0. The lowest BCUT2D eigenvalue weighted by Crippen LogP contribution is -2.43. The summed E-state index contributed by atoms with van der Waals surface area (Å²) in [5.41, 5.74) is 1.39. The Morgan fingerprint density at radius 2 is 2.00 bits per heavy atom. The largest absolute Gasteiger partial charge is 0.444 e. The Balaban J connectivity index is 1.30. The highest BCUT2D eigenvalue weighted by molar-refractivity contribution is 6.03. The monoisotopic (exact) mass is 515 g/mol. The minimum Gasteiger partial charge on any atom is -0.444 e. The molecule has 1 aromatic carbocycles. The Morgan fingerprint density at radius 1 is 1.21 bits per heavy atom. The van der Waals surface area contributed by atoms with Gasteiger partial charge in [-0.05, 0) is 62.6 Å². The molecule has 1 amide bonds. The van der Waals surface area contributed by atoms with Gasteiger partial charge in [0, 0.05) is 33.8 Å². The zero-order chi connectivity index (χ0) is 26.4. The Kier molecular flexibility index (Phi) is 6.10. The Morgan fingerprint density at radius 3 is 2.68 bits per heavy atom. The first kappa shape index (κ1) is 24.5. The van der Waals surface area contributed by atoms with Crippen LogP contribution in [-0.2, 0) is 0 Å². The number of aliphatic hydroxyl groups is 1. The summed E-state index contributed by atoms with van der Waals surface area (Å²) in [4.78, 5) is 17.5. The third kappa shape index (κ3) is 4.62. The van der Waals surface area contributed by atoms with Crippen molar-refractivity contribution in [1.82, 2.24) is 4.98 Å². The third-order valence-corrected chi connectivity index (χ3v) is 7.99. The number of anilines is 1. The summed E-state index contributed by atoms with van der Waals surface area (Å²) < 4.78 is 8.34. The molecule has 9 nitrogen and oxygen atoms in total. The van der Waals surface area contributed by atoms with Crippen molar-refractivity contribution in [2.45, 2.75) is 63.9 Å². The molecular formula is C29H33N5O4+2. The predicted molar refractivity (Wildman–Crippen MR) is 139 cm³/mol. The minimum absolute atomic E-state index is 0.0423. The molecule has 1 aliphatic heterocycles. The van der Waals surface area contributed by atoms with Crippen molar-refractivity contribution in [3.05, 3.63) is 64.8 Å². The van der Waals surface area contributed by atoms with Crippen LogP contribution in [0.25, 0.3) is 17.7 Å². The number of benzene rings is 1. The number of oxazole rings is 1. The molecule has 2 saturated carbocycles. The first-order chi connectivity index (χ1) is 18.3. The molecule has 0 atom stereocenters. The molecule has 3 heterocycles. The quantitative estimate of drug-likeness (QED) is 0.345. The highest BCUT2D eigenvalue weighted by atomic mass is 16.5. The fraction of sp³-hybridized carbons (Fsp3) is 0.414. The fourth-order valence-electron chi connectivity index (χ4n) is 5.65. The van der Waals surface area contributed by atoms with Crippen molar-refractivity contribution in [2.75, 3.05) is 5.32 Å². The van der Waals surface area contributed by atoms with E-state index in [-0.39, 0.29) is 11.6 Å². The van der Waals surface area contributed by atoms with Gasteiger partial charge in [0.2, 0.25) is 17.8 Å². The van der Waals surface area contributed by atoms with E-state index in [2.05, 4.69) is 16.5 Å². The molecule has 0 saturated heterocycles. The second-order valence-corrected chi connectivity index (χ2v) is 11.0. The SMILES string of the molecule is CC(C)c1cccc(C(=O)Nc2cc3c(cc2-c2ncco2)=N/[N+](=C/C2CCC(O)(C4CC4)CC2)C=3)[n+]1O. The van der Waals surface area contributed by atoms with Gasteiger partial charge >= 0.3 is 11.6 Å². The van der Waals surface area contributed by atoms with Crippen molar-refractivity contribution >= 4 is 24.0 Å². The zero-order valence-corrected chi connectivity index (χ0v) is 21.7. The zero-order valence-electron chi connectivity index (χ0n) is 21.7. The van der Waals surface area contributed by atoms with Gasteiger partial charge in [0.1, 0.15) is 11.6 Å². The Hall–Kier alpha value is -3.85. The molecule has 9 heteroatoms. The topological polar surface area (TPSA) is 115 Å². The van der Waals surface area contributed by atoms with Gasteiger partial charge in [-0.15, -0.1) is 0 Å².